The van der Waals surface area contributed by atoms with Crippen molar-refractivity contribution in [2.45, 2.75) is 26.3 Å². The van der Waals surface area contributed by atoms with E-state index in [2.05, 4.69) is 88.2 Å². The summed E-state index contributed by atoms with van der Waals surface area (Å²) in [4.78, 5) is 4.82. The summed E-state index contributed by atoms with van der Waals surface area (Å²) < 4.78 is 3.42. The predicted molar refractivity (Wildman–Crippen MR) is 97.3 cm³/mol. The number of hydrogen-bond donors (Lipinski definition) is 1. The number of para-hydroxylation sites is 2. The minimum Gasteiger partial charge on any atom is -0.371 e. The molecule has 0 radical (unpaired) electrons. The van der Waals surface area contributed by atoms with E-state index in [1.54, 1.807) is 0 Å². The monoisotopic (exact) mass is 367 g/mol. The molecule has 3 aromatic rings. The second-order valence-corrected chi connectivity index (χ2v) is 6.75. The summed E-state index contributed by atoms with van der Waals surface area (Å²) in [6.07, 6.45) is 0.919. The number of rotatable bonds is 2. The second-order valence-electron chi connectivity index (χ2n) is 5.83. The number of nitrogens with one attached hydrogen (secondary N) is 1. The van der Waals surface area contributed by atoms with Crippen LogP contribution in [0.25, 0.3) is 5.69 Å². The SMILES string of the molecule is CCc1nc(C)c2n1-c1ccccc1NC2c1ccc(Br)cc1. The summed E-state index contributed by atoms with van der Waals surface area (Å²) >= 11 is 3.52. The van der Waals surface area contributed by atoms with Gasteiger partial charge in [0.05, 0.1) is 28.8 Å². The van der Waals surface area contributed by atoms with Gasteiger partial charge in [0.25, 0.3) is 0 Å². The highest BCUT2D eigenvalue weighted by molar-refractivity contribution is 9.10. The number of anilines is 1. The topological polar surface area (TPSA) is 29.9 Å². The number of nitrogens with zero attached hydrogens (tertiary/aromatic N) is 2. The second kappa shape index (κ2) is 5.53. The first-order chi connectivity index (χ1) is 11.2. The normalized spacial score (nSPS) is 15.7. The minimum atomic E-state index is 0.116. The van der Waals surface area contributed by atoms with Gasteiger partial charge in [-0.05, 0) is 36.8 Å². The van der Waals surface area contributed by atoms with Crippen LogP contribution in [0.2, 0.25) is 0 Å². The largest absolute Gasteiger partial charge is 0.371 e. The fourth-order valence-electron chi connectivity index (χ4n) is 3.36. The van der Waals surface area contributed by atoms with Crippen LogP contribution >= 0.6 is 15.9 Å². The van der Waals surface area contributed by atoms with Crippen LogP contribution in [0, 0.1) is 6.92 Å². The van der Waals surface area contributed by atoms with Crippen molar-refractivity contribution in [1.82, 2.24) is 9.55 Å². The average molecular weight is 368 g/mol. The van der Waals surface area contributed by atoms with E-state index in [-0.39, 0.29) is 6.04 Å². The van der Waals surface area contributed by atoms with Crippen molar-refractivity contribution in [2.24, 2.45) is 0 Å². The molecular formula is C19H18BrN3. The minimum absolute atomic E-state index is 0.116. The van der Waals surface area contributed by atoms with E-state index >= 15 is 0 Å². The van der Waals surface area contributed by atoms with E-state index < -0.39 is 0 Å². The molecule has 0 bridgehead atoms. The molecule has 0 fully saturated rings. The third-order valence-electron chi connectivity index (χ3n) is 4.40. The number of benzene rings is 2. The van der Waals surface area contributed by atoms with Gasteiger partial charge >= 0.3 is 0 Å². The van der Waals surface area contributed by atoms with E-state index in [1.165, 1.54) is 16.9 Å². The first-order valence-electron chi connectivity index (χ1n) is 7.88. The maximum Gasteiger partial charge on any atom is 0.113 e. The van der Waals surface area contributed by atoms with Gasteiger partial charge in [-0.15, -0.1) is 0 Å². The van der Waals surface area contributed by atoms with Gasteiger partial charge in [0, 0.05) is 10.9 Å². The molecule has 23 heavy (non-hydrogen) atoms. The van der Waals surface area contributed by atoms with Crippen LogP contribution < -0.4 is 5.32 Å². The Hall–Kier alpha value is -2.07. The Bertz CT molecular complexity index is 865. The summed E-state index contributed by atoms with van der Waals surface area (Å²) in [6.45, 7) is 4.26. The molecular weight excluding hydrogens is 350 g/mol. The van der Waals surface area contributed by atoms with Crippen LogP contribution in [0.5, 0.6) is 0 Å². The van der Waals surface area contributed by atoms with Crippen molar-refractivity contribution in [3.8, 4) is 5.69 Å². The molecule has 1 N–H and O–H groups in total. The number of aromatic nitrogens is 2. The lowest BCUT2D eigenvalue weighted by atomic mass is 9.99. The fourth-order valence-corrected chi connectivity index (χ4v) is 3.62. The fraction of sp³-hybridized carbons (Fsp3) is 0.211. The molecule has 116 valence electrons. The zero-order chi connectivity index (χ0) is 16.0. The molecule has 1 atom stereocenters. The molecule has 0 aliphatic carbocycles. The van der Waals surface area contributed by atoms with Gasteiger partial charge in [-0.1, -0.05) is 47.1 Å². The summed E-state index contributed by atoms with van der Waals surface area (Å²) in [5.41, 5.74) is 5.92. The Labute approximate surface area is 144 Å². The van der Waals surface area contributed by atoms with Crippen LogP contribution in [0.3, 0.4) is 0 Å². The van der Waals surface area contributed by atoms with Crippen molar-refractivity contribution in [1.29, 1.82) is 0 Å². The lowest BCUT2D eigenvalue weighted by Gasteiger charge is -2.30. The molecule has 0 saturated heterocycles. The van der Waals surface area contributed by atoms with Crippen LogP contribution in [-0.4, -0.2) is 9.55 Å². The maximum atomic E-state index is 4.82. The summed E-state index contributed by atoms with van der Waals surface area (Å²) in [5, 5.41) is 3.69. The Kier molecular flexibility index (Phi) is 3.49. The van der Waals surface area contributed by atoms with Gasteiger partial charge in [0.1, 0.15) is 5.82 Å². The van der Waals surface area contributed by atoms with E-state index in [1.807, 2.05) is 0 Å². The molecule has 0 saturated carbocycles. The van der Waals surface area contributed by atoms with Gasteiger partial charge < -0.3 is 5.32 Å². The first-order valence-corrected chi connectivity index (χ1v) is 8.68. The quantitative estimate of drug-likeness (QED) is 0.688. The Morgan fingerprint density at radius 1 is 1.13 bits per heavy atom. The molecule has 0 spiro atoms. The summed E-state index contributed by atoms with van der Waals surface area (Å²) in [5.74, 6) is 1.12. The van der Waals surface area contributed by atoms with Crippen molar-refractivity contribution in [3.05, 3.63) is 75.8 Å². The van der Waals surface area contributed by atoms with Gasteiger partial charge in [0.15, 0.2) is 0 Å². The maximum absolute atomic E-state index is 4.82. The first kappa shape index (κ1) is 14.5. The van der Waals surface area contributed by atoms with Gasteiger partial charge in [-0.25, -0.2) is 4.98 Å². The van der Waals surface area contributed by atoms with Gasteiger partial charge in [0.2, 0.25) is 0 Å². The standard InChI is InChI=1S/C19H18BrN3/c1-3-17-21-12(2)19-18(13-8-10-14(20)11-9-13)22-15-6-4-5-7-16(15)23(17)19/h4-11,18,22H,3H2,1-2H3. The molecule has 1 aromatic heterocycles. The van der Waals surface area contributed by atoms with Crippen molar-refractivity contribution < 1.29 is 0 Å². The number of fused-ring (bicyclic) bond motifs is 3. The lowest BCUT2D eigenvalue weighted by molar-refractivity contribution is 0.772. The average Bonchev–Trinajstić information content (AvgIpc) is 2.92. The number of imidazole rings is 1. The highest BCUT2D eigenvalue weighted by atomic mass is 79.9. The summed E-state index contributed by atoms with van der Waals surface area (Å²) in [7, 11) is 0. The van der Waals surface area contributed by atoms with E-state index in [4.69, 9.17) is 4.98 Å². The van der Waals surface area contributed by atoms with Crippen LogP contribution in [0.4, 0.5) is 5.69 Å². The molecule has 0 amide bonds. The Morgan fingerprint density at radius 2 is 1.87 bits per heavy atom. The van der Waals surface area contributed by atoms with Gasteiger partial charge in [-0.3, -0.25) is 4.57 Å². The van der Waals surface area contributed by atoms with Gasteiger partial charge in [-0.2, -0.15) is 0 Å². The molecule has 4 rings (SSSR count). The third kappa shape index (κ3) is 2.29. The number of hydrogen-bond acceptors (Lipinski definition) is 2. The van der Waals surface area contributed by atoms with E-state index in [0.717, 1.165) is 28.1 Å². The van der Waals surface area contributed by atoms with Crippen LogP contribution in [0.1, 0.15) is 35.7 Å². The van der Waals surface area contributed by atoms with E-state index in [0.29, 0.717) is 0 Å². The van der Waals surface area contributed by atoms with Crippen molar-refractivity contribution in [2.75, 3.05) is 5.32 Å². The van der Waals surface area contributed by atoms with Crippen molar-refractivity contribution >= 4 is 21.6 Å². The third-order valence-corrected chi connectivity index (χ3v) is 4.93. The Morgan fingerprint density at radius 3 is 2.61 bits per heavy atom. The lowest BCUT2D eigenvalue weighted by Crippen LogP contribution is -2.23. The molecule has 4 heteroatoms. The zero-order valence-electron chi connectivity index (χ0n) is 13.2. The highest BCUT2D eigenvalue weighted by Gasteiger charge is 2.29. The molecule has 2 heterocycles. The highest BCUT2D eigenvalue weighted by Crippen LogP contribution is 2.39. The molecule has 2 aromatic carbocycles. The summed E-state index contributed by atoms with van der Waals surface area (Å²) in [6, 6.07) is 17.1. The number of halogens is 1. The van der Waals surface area contributed by atoms with Crippen molar-refractivity contribution in [3.63, 3.8) is 0 Å². The Balaban J connectivity index is 1.96. The molecule has 1 unspecified atom stereocenters. The number of aryl methyl sites for hydroxylation is 2. The van der Waals surface area contributed by atoms with Crippen LogP contribution in [-0.2, 0) is 6.42 Å². The van der Waals surface area contributed by atoms with Crippen LogP contribution in [0.15, 0.2) is 53.0 Å². The smallest absolute Gasteiger partial charge is 0.113 e. The molecule has 3 nitrogen and oxygen atoms in total. The molecule has 1 aliphatic rings. The molecule has 1 aliphatic heterocycles. The van der Waals surface area contributed by atoms with E-state index in [9.17, 15) is 0 Å². The zero-order valence-corrected chi connectivity index (χ0v) is 14.8. The predicted octanol–water partition coefficient (Wildman–Crippen LogP) is 5.02.